The first-order chi connectivity index (χ1) is 9.22. The fourth-order valence-corrected chi connectivity index (χ4v) is 2.43. The van der Waals surface area contributed by atoms with E-state index in [1.807, 2.05) is 0 Å². The highest BCUT2D eigenvalue weighted by Gasteiger charge is 2.23. The third-order valence-corrected chi connectivity index (χ3v) is 3.51. The first-order valence-corrected chi connectivity index (χ1v) is 6.78. The van der Waals surface area contributed by atoms with E-state index < -0.39 is 5.91 Å². The van der Waals surface area contributed by atoms with Crippen molar-refractivity contribution >= 4 is 11.7 Å². The van der Waals surface area contributed by atoms with Crippen LogP contribution in [-0.2, 0) is 0 Å². The van der Waals surface area contributed by atoms with Crippen LogP contribution in [0.4, 0.5) is 5.82 Å². The van der Waals surface area contributed by atoms with Crippen molar-refractivity contribution in [1.82, 2.24) is 15.3 Å². The minimum Gasteiger partial charge on any atom is -0.364 e. The maximum Gasteiger partial charge on any atom is 0.271 e. The Bertz CT molecular complexity index is 429. The molecule has 19 heavy (non-hydrogen) atoms. The van der Waals surface area contributed by atoms with E-state index in [0.717, 1.165) is 39.0 Å². The molecular formula is C13H21N5O. The van der Waals surface area contributed by atoms with Crippen molar-refractivity contribution in [3.8, 4) is 0 Å². The van der Waals surface area contributed by atoms with Crippen molar-refractivity contribution in [3.63, 3.8) is 0 Å². The number of nitrogens with two attached hydrogens (primary N) is 1. The van der Waals surface area contributed by atoms with Crippen molar-refractivity contribution in [2.24, 2.45) is 11.7 Å². The largest absolute Gasteiger partial charge is 0.364 e. The molecule has 0 unspecified atom stereocenters. The third-order valence-electron chi connectivity index (χ3n) is 3.51. The lowest BCUT2D eigenvalue weighted by atomic mass is 9.96. The van der Waals surface area contributed by atoms with Gasteiger partial charge in [-0.25, -0.2) is 9.97 Å². The van der Waals surface area contributed by atoms with Crippen molar-refractivity contribution in [2.45, 2.75) is 19.8 Å². The summed E-state index contributed by atoms with van der Waals surface area (Å²) in [5.41, 5.74) is 5.61. The van der Waals surface area contributed by atoms with Gasteiger partial charge in [0.1, 0.15) is 0 Å². The quantitative estimate of drug-likeness (QED) is 0.803. The predicted molar refractivity (Wildman–Crippen MR) is 74.0 cm³/mol. The van der Waals surface area contributed by atoms with E-state index in [2.05, 4.69) is 27.1 Å². The van der Waals surface area contributed by atoms with Gasteiger partial charge in [0, 0.05) is 25.5 Å². The van der Waals surface area contributed by atoms with Crippen molar-refractivity contribution in [2.75, 3.05) is 31.1 Å². The molecular weight excluding hydrogens is 242 g/mol. The molecule has 0 bridgehead atoms. The van der Waals surface area contributed by atoms with Crippen LogP contribution in [0.1, 0.15) is 30.3 Å². The topological polar surface area (TPSA) is 84.1 Å². The molecule has 2 rings (SSSR count). The Labute approximate surface area is 113 Å². The van der Waals surface area contributed by atoms with Gasteiger partial charge in [-0.3, -0.25) is 4.79 Å². The fraction of sp³-hybridized carbons (Fsp3) is 0.615. The summed E-state index contributed by atoms with van der Waals surface area (Å²) in [6.07, 6.45) is 5.30. The summed E-state index contributed by atoms with van der Waals surface area (Å²) < 4.78 is 0. The number of carbonyl (C=O) groups excluding carboxylic acids is 1. The van der Waals surface area contributed by atoms with Gasteiger partial charge in [0.2, 0.25) is 0 Å². The molecule has 1 aliphatic heterocycles. The van der Waals surface area contributed by atoms with E-state index in [1.54, 1.807) is 6.20 Å². The van der Waals surface area contributed by atoms with E-state index >= 15 is 0 Å². The molecule has 2 heterocycles. The minimum atomic E-state index is -0.516. The average molecular weight is 263 g/mol. The first kappa shape index (κ1) is 13.7. The highest BCUT2D eigenvalue weighted by molar-refractivity contribution is 5.95. The number of primary amides is 1. The molecule has 1 aromatic heterocycles. The van der Waals surface area contributed by atoms with Gasteiger partial charge in [0.15, 0.2) is 11.5 Å². The number of carbonyl (C=O) groups is 1. The van der Waals surface area contributed by atoms with Gasteiger partial charge in [-0.15, -0.1) is 0 Å². The van der Waals surface area contributed by atoms with Crippen molar-refractivity contribution in [1.29, 1.82) is 0 Å². The highest BCUT2D eigenvalue weighted by Crippen LogP contribution is 2.22. The molecule has 0 saturated carbocycles. The molecule has 1 fully saturated rings. The number of anilines is 1. The Morgan fingerprint density at radius 1 is 1.42 bits per heavy atom. The second kappa shape index (κ2) is 6.47. The van der Waals surface area contributed by atoms with Crippen LogP contribution in [0, 0.1) is 5.92 Å². The Balaban J connectivity index is 2.00. The zero-order valence-corrected chi connectivity index (χ0v) is 11.3. The first-order valence-electron chi connectivity index (χ1n) is 6.78. The number of rotatable bonds is 5. The second-order valence-electron chi connectivity index (χ2n) is 4.83. The summed E-state index contributed by atoms with van der Waals surface area (Å²) in [4.78, 5) is 21.7. The van der Waals surface area contributed by atoms with Crippen LogP contribution in [0.3, 0.4) is 0 Å². The number of nitrogens with one attached hydrogen (secondary N) is 1. The van der Waals surface area contributed by atoms with Crippen LogP contribution < -0.4 is 16.0 Å². The second-order valence-corrected chi connectivity index (χ2v) is 4.83. The van der Waals surface area contributed by atoms with Crippen LogP contribution in [0.15, 0.2) is 12.4 Å². The Morgan fingerprint density at radius 3 is 2.74 bits per heavy atom. The van der Waals surface area contributed by atoms with Gasteiger partial charge in [-0.2, -0.15) is 0 Å². The van der Waals surface area contributed by atoms with Crippen LogP contribution >= 0.6 is 0 Å². The molecule has 1 aliphatic rings. The lowest BCUT2D eigenvalue weighted by Crippen LogP contribution is -2.38. The summed E-state index contributed by atoms with van der Waals surface area (Å²) in [5, 5.41) is 3.38. The zero-order chi connectivity index (χ0) is 13.7. The molecule has 3 N–H and O–H groups in total. The lowest BCUT2D eigenvalue weighted by Gasteiger charge is -2.33. The maximum absolute atomic E-state index is 11.4. The standard InChI is InChI=1S/C13H21N5O/c1-2-15-9-10-3-7-18(8-4-10)13-11(12(14)19)16-5-6-17-13/h5-6,10,15H,2-4,7-9H2,1H3,(H2,14,19). The van der Waals surface area contributed by atoms with E-state index in [1.165, 1.54) is 6.20 Å². The van der Waals surface area contributed by atoms with Gasteiger partial charge in [-0.1, -0.05) is 6.92 Å². The molecule has 1 saturated heterocycles. The Kier molecular flexibility index (Phi) is 4.68. The number of piperidine rings is 1. The van der Waals surface area contributed by atoms with Crippen LogP contribution in [-0.4, -0.2) is 42.1 Å². The Morgan fingerprint density at radius 2 is 2.11 bits per heavy atom. The molecule has 1 aromatic rings. The third kappa shape index (κ3) is 3.41. The molecule has 0 aliphatic carbocycles. The summed E-state index contributed by atoms with van der Waals surface area (Å²) in [6.45, 7) is 5.99. The van der Waals surface area contributed by atoms with Gasteiger partial charge in [-0.05, 0) is 31.8 Å². The van der Waals surface area contributed by atoms with Crippen LogP contribution in [0.5, 0.6) is 0 Å². The molecule has 0 spiro atoms. The molecule has 104 valence electrons. The summed E-state index contributed by atoms with van der Waals surface area (Å²) in [6, 6.07) is 0. The summed E-state index contributed by atoms with van der Waals surface area (Å²) in [7, 11) is 0. The molecule has 0 radical (unpaired) electrons. The normalized spacial score (nSPS) is 16.6. The van der Waals surface area contributed by atoms with E-state index in [0.29, 0.717) is 11.7 Å². The number of hydrogen-bond acceptors (Lipinski definition) is 5. The van der Waals surface area contributed by atoms with Crippen LogP contribution in [0.25, 0.3) is 0 Å². The molecule has 0 atom stereocenters. The number of hydrogen-bond donors (Lipinski definition) is 2. The van der Waals surface area contributed by atoms with Crippen molar-refractivity contribution < 1.29 is 4.79 Å². The number of amides is 1. The monoisotopic (exact) mass is 263 g/mol. The summed E-state index contributed by atoms with van der Waals surface area (Å²) >= 11 is 0. The van der Waals surface area contributed by atoms with Crippen molar-refractivity contribution in [3.05, 3.63) is 18.1 Å². The molecule has 6 nitrogen and oxygen atoms in total. The minimum absolute atomic E-state index is 0.271. The smallest absolute Gasteiger partial charge is 0.271 e. The summed E-state index contributed by atoms with van der Waals surface area (Å²) in [5.74, 6) is 0.805. The van der Waals surface area contributed by atoms with Gasteiger partial charge < -0.3 is 16.0 Å². The van der Waals surface area contributed by atoms with E-state index in [4.69, 9.17) is 5.73 Å². The number of nitrogens with zero attached hydrogens (tertiary/aromatic N) is 3. The van der Waals surface area contributed by atoms with E-state index in [-0.39, 0.29) is 5.69 Å². The SMILES string of the molecule is CCNCC1CCN(c2nccnc2C(N)=O)CC1. The highest BCUT2D eigenvalue weighted by atomic mass is 16.1. The lowest BCUT2D eigenvalue weighted by molar-refractivity contribution is 0.0995. The van der Waals surface area contributed by atoms with Gasteiger partial charge in [0.05, 0.1) is 0 Å². The molecule has 0 aromatic carbocycles. The Hall–Kier alpha value is -1.69. The zero-order valence-electron chi connectivity index (χ0n) is 11.3. The average Bonchev–Trinajstić information content (AvgIpc) is 2.45. The predicted octanol–water partition coefficient (Wildman–Crippen LogP) is 0.401. The van der Waals surface area contributed by atoms with Crippen LogP contribution in [0.2, 0.25) is 0 Å². The van der Waals surface area contributed by atoms with E-state index in [9.17, 15) is 4.79 Å². The molecule has 6 heteroatoms. The molecule has 1 amide bonds. The van der Waals surface area contributed by atoms with Gasteiger partial charge in [0.25, 0.3) is 5.91 Å². The van der Waals surface area contributed by atoms with Gasteiger partial charge >= 0.3 is 0 Å². The fourth-order valence-electron chi connectivity index (χ4n) is 2.43. The number of aromatic nitrogens is 2. The maximum atomic E-state index is 11.4.